The first-order valence-electron chi connectivity index (χ1n) is 6.74. The Morgan fingerprint density at radius 2 is 2.35 bits per heavy atom. The first-order chi connectivity index (χ1) is 9.43. The van der Waals surface area contributed by atoms with Crippen LogP contribution in [0.4, 0.5) is 11.5 Å². The van der Waals surface area contributed by atoms with E-state index in [9.17, 15) is 4.79 Å². The lowest BCUT2D eigenvalue weighted by Gasteiger charge is -2.38. The number of carbonyl (C=O) groups excluding carboxylic acids is 1. The van der Waals surface area contributed by atoms with Gasteiger partial charge >= 0.3 is 5.97 Å². The van der Waals surface area contributed by atoms with Gasteiger partial charge in [0.1, 0.15) is 11.4 Å². The molecule has 0 aromatic carbocycles. The molecule has 2 rings (SSSR count). The van der Waals surface area contributed by atoms with Crippen LogP contribution in [0.5, 0.6) is 0 Å². The third-order valence-corrected chi connectivity index (χ3v) is 4.41. The molecule has 0 spiro atoms. The molecule has 1 saturated heterocycles. The first kappa shape index (κ1) is 15.0. The van der Waals surface area contributed by atoms with E-state index in [1.54, 1.807) is 19.2 Å². The topological polar surface area (TPSA) is 68.5 Å². The standard InChI is InChI=1S/C14H21N3O2S/c1-4-19-13(18)11-7-10(15)8-16-12(11)17-5-6-20-14(2,3)9-17/h7-8H,4-6,9,15H2,1-3H3. The molecule has 0 saturated carbocycles. The smallest absolute Gasteiger partial charge is 0.341 e. The Morgan fingerprint density at radius 3 is 3.00 bits per heavy atom. The summed E-state index contributed by atoms with van der Waals surface area (Å²) in [5.41, 5.74) is 6.68. The number of thioether (sulfide) groups is 1. The number of nitrogens with two attached hydrogens (primary N) is 1. The van der Waals surface area contributed by atoms with Crippen LogP contribution in [0.15, 0.2) is 12.3 Å². The van der Waals surface area contributed by atoms with Gasteiger partial charge in [0.2, 0.25) is 0 Å². The van der Waals surface area contributed by atoms with Crippen LogP contribution >= 0.6 is 11.8 Å². The van der Waals surface area contributed by atoms with Gasteiger partial charge in [-0.2, -0.15) is 11.8 Å². The number of esters is 1. The van der Waals surface area contributed by atoms with E-state index in [1.807, 2.05) is 11.8 Å². The summed E-state index contributed by atoms with van der Waals surface area (Å²) in [6, 6.07) is 1.65. The molecule has 1 fully saturated rings. The maximum Gasteiger partial charge on any atom is 0.341 e. The van der Waals surface area contributed by atoms with Gasteiger partial charge in [-0.15, -0.1) is 0 Å². The van der Waals surface area contributed by atoms with E-state index in [2.05, 4.69) is 23.7 Å². The molecule has 1 aliphatic rings. The lowest BCUT2D eigenvalue weighted by atomic mass is 10.1. The summed E-state index contributed by atoms with van der Waals surface area (Å²) in [5.74, 6) is 1.32. The third kappa shape index (κ3) is 3.36. The van der Waals surface area contributed by atoms with E-state index in [-0.39, 0.29) is 10.7 Å². The Kier molecular flexibility index (Phi) is 4.42. The SMILES string of the molecule is CCOC(=O)c1cc(N)cnc1N1CCSC(C)(C)C1. The van der Waals surface area contributed by atoms with Crippen molar-refractivity contribution in [3.8, 4) is 0 Å². The average Bonchev–Trinajstić information content (AvgIpc) is 2.37. The second-order valence-electron chi connectivity index (χ2n) is 5.39. The summed E-state index contributed by atoms with van der Waals surface area (Å²) in [6.07, 6.45) is 1.59. The third-order valence-electron chi connectivity index (χ3n) is 3.11. The highest BCUT2D eigenvalue weighted by Crippen LogP contribution is 2.33. The molecule has 1 aliphatic heterocycles. The molecular weight excluding hydrogens is 274 g/mol. The highest BCUT2D eigenvalue weighted by molar-refractivity contribution is 8.00. The van der Waals surface area contributed by atoms with E-state index in [0.29, 0.717) is 23.7 Å². The van der Waals surface area contributed by atoms with Gasteiger partial charge in [-0.25, -0.2) is 9.78 Å². The van der Waals surface area contributed by atoms with Gasteiger partial charge in [0, 0.05) is 23.6 Å². The quantitative estimate of drug-likeness (QED) is 0.862. The molecule has 6 heteroatoms. The van der Waals surface area contributed by atoms with Crippen molar-refractivity contribution in [3.05, 3.63) is 17.8 Å². The van der Waals surface area contributed by atoms with Crippen LogP contribution in [-0.4, -0.2) is 41.1 Å². The highest BCUT2D eigenvalue weighted by Gasteiger charge is 2.30. The monoisotopic (exact) mass is 295 g/mol. The molecule has 5 nitrogen and oxygen atoms in total. The van der Waals surface area contributed by atoms with Crippen molar-refractivity contribution in [1.29, 1.82) is 0 Å². The Bertz CT molecular complexity index is 505. The largest absolute Gasteiger partial charge is 0.462 e. The van der Waals surface area contributed by atoms with E-state index in [1.165, 1.54) is 0 Å². The zero-order valence-corrected chi connectivity index (χ0v) is 13.0. The Morgan fingerprint density at radius 1 is 1.60 bits per heavy atom. The van der Waals surface area contributed by atoms with Crippen LogP contribution < -0.4 is 10.6 Å². The fraction of sp³-hybridized carbons (Fsp3) is 0.571. The number of pyridine rings is 1. The lowest BCUT2D eigenvalue weighted by molar-refractivity contribution is 0.0526. The van der Waals surface area contributed by atoms with Gasteiger partial charge in [0.05, 0.1) is 18.5 Å². The minimum absolute atomic E-state index is 0.146. The number of hydrogen-bond donors (Lipinski definition) is 1. The normalized spacial score (nSPS) is 17.9. The van der Waals surface area contributed by atoms with Crippen LogP contribution in [0.1, 0.15) is 31.1 Å². The van der Waals surface area contributed by atoms with Gasteiger partial charge in [-0.3, -0.25) is 0 Å². The Labute approximate surface area is 123 Å². The summed E-state index contributed by atoms with van der Waals surface area (Å²) in [6.45, 7) is 8.25. The van der Waals surface area contributed by atoms with Crippen molar-refractivity contribution in [2.45, 2.75) is 25.5 Å². The predicted octanol–water partition coefficient (Wildman–Crippen LogP) is 2.17. The summed E-state index contributed by atoms with van der Waals surface area (Å²) < 4.78 is 5.25. The molecule has 0 atom stereocenters. The predicted molar refractivity (Wildman–Crippen MR) is 83.4 cm³/mol. The second-order valence-corrected chi connectivity index (χ2v) is 7.19. The molecule has 20 heavy (non-hydrogen) atoms. The number of ether oxygens (including phenoxy) is 1. The number of nitrogen functional groups attached to an aromatic ring is 1. The molecular formula is C14H21N3O2S. The van der Waals surface area contributed by atoms with Crippen molar-refractivity contribution >= 4 is 29.2 Å². The number of rotatable bonds is 3. The van der Waals surface area contributed by atoms with Crippen molar-refractivity contribution < 1.29 is 9.53 Å². The molecule has 0 amide bonds. The molecule has 0 unspecified atom stereocenters. The van der Waals surface area contributed by atoms with Crippen LogP contribution in [0.3, 0.4) is 0 Å². The Balaban J connectivity index is 2.33. The fourth-order valence-electron chi connectivity index (χ4n) is 2.28. The van der Waals surface area contributed by atoms with E-state index in [4.69, 9.17) is 10.5 Å². The maximum absolute atomic E-state index is 12.1. The maximum atomic E-state index is 12.1. The van der Waals surface area contributed by atoms with Crippen molar-refractivity contribution in [2.24, 2.45) is 0 Å². The number of anilines is 2. The van der Waals surface area contributed by atoms with Crippen LogP contribution in [0.2, 0.25) is 0 Å². The van der Waals surface area contributed by atoms with Gasteiger partial charge in [-0.05, 0) is 26.8 Å². The summed E-state index contributed by atoms with van der Waals surface area (Å²) in [7, 11) is 0. The van der Waals surface area contributed by atoms with Gasteiger partial charge in [0.15, 0.2) is 0 Å². The number of aromatic nitrogens is 1. The van der Waals surface area contributed by atoms with E-state index in [0.717, 1.165) is 18.8 Å². The highest BCUT2D eigenvalue weighted by atomic mass is 32.2. The average molecular weight is 295 g/mol. The van der Waals surface area contributed by atoms with Crippen molar-refractivity contribution in [3.63, 3.8) is 0 Å². The number of nitrogens with zero attached hydrogens (tertiary/aromatic N) is 2. The van der Waals surface area contributed by atoms with Crippen molar-refractivity contribution in [1.82, 2.24) is 4.98 Å². The van der Waals surface area contributed by atoms with Gasteiger partial charge < -0.3 is 15.4 Å². The van der Waals surface area contributed by atoms with E-state index < -0.39 is 0 Å². The first-order valence-corrected chi connectivity index (χ1v) is 7.73. The number of carbonyl (C=O) groups is 1. The fourth-order valence-corrected chi connectivity index (χ4v) is 3.39. The molecule has 0 radical (unpaired) electrons. The lowest BCUT2D eigenvalue weighted by Crippen LogP contribution is -2.44. The molecule has 2 N–H and O–H groups in total. The molecule has 0 bridgehead atoms. The van der Waals surface area contributed by atoms with Crippen LogP contribution in [0, 0.1) is 0 Å². The van der Waals surface area contributed by atoms with Gasteiger partial charge in [0.25, 0.3) is 0 Å². The zero-order valence-electron chi connectivity index (χ0n) is 12.2. The molecule has 2 heterocycles. The summed E-state index contributed by atoms with van der Waals surface area (Å²) in [5, 5.41) is 0. The summed E-state index contributed by atoms with van der Waals surface area (Å²) in [4.78, 5) is 18.6. The molecule has 110 valence electrons. The molecule has 0 aliphatic carbocycles. The van der Waals surface area contributed by atoms with E-state index >= 15 is 0 Å². The Hall–Kier alpha value is -1.43. The van der Waals surface area contributed by atoms with Crippen LogP contribution in [0.25, 0.3) is 0 Å². The second kappa shape index (κ2) is 5.91. The van der Waals surface area contributed by atoms with Gasteiger partial charge in [-0.1, -0.05) is 0 Å². The number of hydrogen-bond acceptors (Lipinski definition) is 6. The summed E-state index contributed by atoms with van der Waals surface area (Å²) >= 11 is 1.94. The van der Waals surface area contributed by atoms with Crippen LogP contribution in [-0.2, 0) is 4.74 Å². The zero-order chi connectivity index (χ0) is 14.8. The molecule has 1 aromatic heterocycles. The minimum Gasteiger partial charge on any atom is -0.462 e. The minimum atomic E-state index is -0.363. The van der Waals surface area contributed by atoms with Crippen molar-refractivity contribution in [2.75, 3.05) is 36.1 Å². The molecule has 1 aromatic rings.